The van der Waals surface area contributed by atoms with E-state index in [4.69, 9.17) is 0 Å². The molecule has 0 aliphatic carbocycles. The van der Waals surface area contributed by atoms with Crippen molar-refractivity contribution >= 4 is 28.6 Å². The van der Waals surface area contributed by atoms with E-state index in [1.165, 1.54) is 0 Å². The van der Waals surface area contributed by atoms with E-state index in [0.717, 1.165) is 51.9 Å². The number of benzene rings is 2. The first-order chi connectivity index (χ1) is 17.3. The number of hydrogen-bond acceptors (Lipinski definition) is 7. The third-order valence-electron chi connectivity index (χ3n) is 5.63. The fourth-order valence-electron chi connectivity index (χ4n) is 4.30. The summed E-state index contributed by atoms with van der Waals surface area (Å²) in [6.45, 7) is 12.6. The van der Waals surface area contributed by atoms with Crippen molar-refractivity contribution in [1.29, 1.82) is 0 Å². The van der Waals surface area contributed by atoms with Crippen molar-refractivity contribution in [3.63, 3.8) is 0 Å². The second kappa shape index (κ2) is 11.4. The first kappa shape index (κ1) is 25.5. The topological polar surface area (TPSA) is 99.7 Å². The van der Waals surface area contributed by atoms with Crippen molar-refractivity contribution in [3.05, 3.63) is 58.5 Å². The van der Waals surface area contributed by atoms with E-state index in [9.17, 15) is 4.79 Å². The van der Waals surface area contributed by atoms with Crippen molar-refractivity contribution < 1.29 is 4.79 Å². The standard InChI is InChI=1S/C27H33N7OS/c1-17(2)14-34(15-18(3)4)25-11-10-20(22-8-6-7-9-23(22)27-30-32-33-31-27)12-24(25)29-26(35)13-21-16-36-19(5)28-21/h6-12,16-18H,13-15H2,1-5H3,(H,29,35)(H,30,31,32,33). The molecule has 36 heavy (non-hydrogen) atoms. The van der Waals surface area contributed by atoms with Crippen LogP contribution in [0.2, 0.25) is 0 Å². The van der Waals surface area contributed by atoms with Gasteiger partial charge < -0.3 is 10.2 Å². The first-order valence-electron chi connectivity index (χ1n) is 12.2. The molecule has 2 aromatic heterocycles. The van der Waals surface area contributed by atoms with Gasteiger partial charge in [-0.3, -0.25) is 4.79 Å². The van der Waals surface area contributed by atoms with E-state index < -0.39 is 0 Å². The summed E-state index contributed by atoms with van der Waals surface area (Å²) in [5.74, 6) is 1.47. The number of thiazole rings is 1. The van der Waals surface area contributed by atoms with Gasteiger partial charge in [-0.15, -0.1) is 16.4 Å². The highest BCUT2D eigenvalue weighted by atomic mass is 32.1. The zero-order chi connectivity index (χ0) is 25.7. The monoisotopic (exact) mass is 503 g/mol. The molecule has 188 valence electrons. The summed E-state index contributed by atoms with van der Waals surface area (Å²) in [5.41, 5.74) is 5.44. The minimum Gasteiger partial charge on any atom is -0.369 e. The minimum atomic E-state index is -0.0829. The third kappa shape index (κ3) is 6.34. The van der Waals surface area contributed by atoms with Gasteiger partial charge in [-0.2, -0.15) is 0 Å². The van der Waals surface area contributed by atoms with Crippen LogP contribution in [0.15, 0.2) is 47.8 Å². The van der Waals surface area contributed by atoms with E-state index in [1.54, 1.807) is 11.3 Å². The largest absolute Gasteiger partial charge is 0.369 e. The number of aryl methyl sites for hydroxylation is 1. The smallest absolute Gasteiger partial charge is 0.230 e. The van der Waals surface area contributed by atoms with Crippen LogP contribution in [-0.2, 0) is 11.2 Å². The van der Waals surface area contributed by atoms with Crippen LogP contribution in [-0.4, -0.2) is 44.6 Å². The van der Waals surface area contributed by atoms with Gasteiger partial charge in [0.15, 0.2) is 5.82 Å². The summed E-state index contributed by atoms with van der Waals surface area (Å²) in [6, 6.07) is 14.2. The van der Waals surface area contributed by atoms with Gasteiger partial charge in [0.05, 0.1) is 28.5 Å². The zero-order valence-electron chi connectivity index (χ0n) is 21.4. The second-order valence-electron chi connectivity index (χ2n) is 9.80. The lowest BCUT2D eigenvalue weighted by Crippen LogP contribution is -2.32. The van der Waals surface area contributed by atoms with Gasteiger partial charge in [-0.1, -0.05) is 58.0 Å². The van der Waals surface area contributed by atoms with E-state index >= 15 is 0 Å². The molecule has 0 radical (unpaired) electrons. The summed E-state index contributed by atoms with van der Waals surface area (Å²) in [4.78, 5) is 19.9. The molecule has 0 bridgehead atoms. The Labute approximate surface area is 216 Å². The Morgan fingerprint density at radius 1 is 1.06 bits per heavy atom. The highest BCUT2D eigenvalue weighted by molar-refractivity contribution is 7.09. The van der Waals surface area contributed by atoms with E-state index in [-0.39, 0.29) is 12.3 Å². The van der Waals surface area contributed by atoms with Gasteiger partial charge >= 0.3 is 0 Å². The van der Waals surface area contributed by atoms with Crippen LogP contribution in [0.3, 0.4) is 0 Å². The normalized spacial score (nSPS) is 11.3. The molecular weight excluding hydrogens is 470 g/mol. The fourth-order valence-corrected chi connectivity index (χ4v) is 4.91. The molecule has 0 saturated heterocycles. The number of anilines is 2. The van der Waals surface area contributed by atoms with Crippen molar-refractivity contribution in [2.45, 2.75) is 41.0 Å². The molecule has 2 heterocycles. The van der Waals surface area contributed by atoms with Crippen molar-refractivity contribution in [3.8, 4) is 22.5 Å². The minimum absolute atomic E-state index is 0.0829. The maximum absolute atomic E-state index is 13.1. The molecule has 1 amide bonds. The maximum Gasteiger partial charge on any atom is 0.230 e. The summed E-state index contributed by atoms with van der Waals surface area (Å²) in [7, 11) is 0. The molecule has 0 aliphatic rings. The number of carbonyl (C=O) groups excluding carboxylic acids is 1. The molecule has 4 aromatic rings. The second-order valence-corrected chi connectivity index (χ2v) is 10.9. The Morgan fingerprint density at radius 2 is 1.78 bits per heavy atom. The molecule has 2 aromatic carbocycles. The quantitative estimate of drug-likeness (QED) is 0.292. The Bertz CT molecular complexity index is 1290. The van der Waals surface area contributed by atoms with Crippen LogP contribution >= 0.6 is 11.3 Å². The van der Waals surface area contributed by atoms with Gasteiger partial charge in [0.25, 0.3) is 0 Å². The van der Waals surface area contributed by atoms with E-state index in [2.05, 4.69) is 81.7 Å². The summed E-state index contributed by atoms with van der Waals surface area (Å²) >= 11 is 1.56. The van der Waals surface area contributed by atoms with Crippen molar-refractivity contribution in [2.24, 2.45) is 11.8 Å². The molecule has 4 rings (SSSR count). The predicted molar refractivity (Wildman–Crippen MR) is 146 cm³/mol. The molecule has 2 N–H and O–H groups in total. The molecule has 0 spiro atoms. The molecular formula is C27H33N7OS. The van der Waals surface area contributed by atoms with Crippen LogP contribution in [0, 0.1) is 18.8 Å². The number of rotatable bonds is 10. The SMILES string of the molecule is Cc1nc(CC(=O)Nc2cc(-c3ccccc3-c3nnn[nH]3)ccc2N(CC(C)C)CC(C)C)cs1. The number of carbonyl (C=O) groups is 1. The number of aromatic nitrogens is 5. The average molecular weight is 504 g/mol. The Kier molecular flexibility index (Phi) is 8.10. The molecule has 0 unspecified atom stereocenters. The van der Waals surface area contributed by atoms with Crippen molar-refractivity contribution in [2.75, 3.05) is 23.3 Å². The van der Waals surface area contributed by atoms with Gasteiger partial charge in [-0.25, -0.2) is 10.1 Å². The Hall–Kier alpha value is -3.59. The Balaban J connectivity index is 1.75. The highest BCUT2D eigenvalue weighted by Gasteiger charge is 2.19. The van der Waals surface area contributed by atoms with Crippen LogP contribution in [0.5, 0.6) is 0 Å². The van der Waals surface area contributed by atoms with Gasteiger partial charge in [0.2, 0.25) is 5.91 Å². The number of amides is 1. The molecule has 9 heteroatoms. The van der Waals surface area contributed by atoms with Crippen molar-refractivity contribution in [1.82, 2.24) is 25.6 Å². The molecule has 0 aliphatic heterocycles. The predicted octanol–water partition coefficient (Wildman–Crippen LogP) is 5.60. The lowest BCUT2D eigenvalue weighted by Gasteiger charge is -2.31. The molecule has 8 nitrogen and oxygen atoms in total. The van der Waals surface area contributed by atoms with Crippen LogP contribution < -0.4 is 10.2 Å². The average Bonchev–Trinajstić information content (AvgIpc) is 3.50. The number of nitrogens with one attached hydrogen (secondary N) is 2. The zero-order valence-corrected chi connectivity index (χ0v) is 22.3. The fraction of sp³-hybridized carbons (Fsp3) is 0.370. The highest BCUT2D eigenvalue weighted by Crippen LogP contribution is 2.36. The summed E-state index contributed by atoms with van der Waals surface area (Å²) < 4.78 is 0. The summed E-state index contributed by atoms with van der Waals surface area (Å²) in [5, 5.41) is 20.5. The number of hydrogen-bond donors (Lipinski definition) is 2. The van der Waals surface area contributed by atoms with Gasteiger partial charge in [0.1, 0.15) is 0 Å². The summed E-state index contributed by atoms with van der Waals surface area (Å²) in [6.07, 6.45) is 0.239. The number of aromatic amines is 1. The van der Waals surface area contributed by atoms with E-state index in [1.807, 2.05) is 36.6 Å². The number of nitrogens with zero attached hydrogens (tertiary/aromatic N) is 5. The first-order valence-corrected chi connectivity index (χ1v) is 13.1. The van der Waals surface area contributed by atoms with Crippen LogP contribution in [0.25, 0.3) is 22.5 Å². The molecule has 0 saturated carbocycles. The van der Waals surface area contributed by atoms with Gasteiger partial charge in [-0.05, 0) is 52.4 Å². The number of tetrazole rings is 1. The van der Waals surface area contributed by atoms with E-state index in [0.29, 0.717) is 17.7 Å². The lowest BCUT2D eigenvalue weighted by molar-refractivity contribution is -0.115. The van der Waals surface area contributed by atoms with Crippen LogP contribution in [0.1, 0.15) is 38.4 Å². The van der Waals surface area contributed by atoms with Crippen LogP contribution in [0.4, 0.5) is 11.4 Å². The molecule has 0 fully saturated rings. The third-order valence-corrected chi connectivity index (χ3v) is 6.45. The lowest BCUT2D eigenvalue weighted by atomic mass is 9.97. The Morgan fingerprint density at radius 3 is 2.39 bits per heavy atom. The maximum atomic E-state index is 13.1. The molecule has 0 atom stereocenters. The van der Waals surface area contributed by atoms with Gasteiger partial charge in [0, 0.05) is 24.0 Å². The number of H-pyrrole nitrogens is 1.